The molecule has 6 atom stereocenters. The number of hydrogen-bond acceptors (Lipinski definition) is 3. The molecule has 17 heavy (non-hydrogen) atoms. The second-order valence-electron chi connectivity index (χ2n) is 6.39. The van der Waals surface area contributed by atoms with Crippen LogP contribution < -0.4 is 5.73 Å². The number of nitrogens with zero attached hydrogens (tertiary/aromatic N) is 1. The smallest absolute Gasteiger partial charge is 0.0184 e. The first-order valence-electron chi connectivity index (χ1n) is 7.28. The molecule has 2 bridgehead atoms. The molecule has 3 fully saturated rings. The van der Waals surface area contributed by atoms with Crippen LogP contribution in [0.15, 0.2) is 0 Å². The molecule has 3 aliphatic rings. The van der Waals surface area contributed by atoms with E-state index in [9.17, 15) is 0 Å². The summed E-state index contributed by atoms with van der Waals surface area (Å²) in [4.78, 5) is 2.71. The van der Waals surface area contributed by atoms with Crippen LogP contribution in [0.1, 0.15) is 33.1 Å². The Balaban J connectivity index is 1.63. The Morgan fingerprint density at radius 3 is 2.71 bits per heavy atom. The van der Waals surface area contributed by atoms with E-state index in [1.807, 2.05) is 0 Å². The van der Waals surface area contributed by atoms with Gasteiger partial charge >= 0.3 is 0 Å². The maximum atomic E-state index is 6.43. The molecular weight excluding hydrogens is 228 g/mol. The van der Waals surface area contributed by atoms with Crippen molar-refractivity contribution in [1.29, 1.82) is 0 Å². The Morgan fingerprint density at radius 2 is 2.00 bits per heavy atom. The largest absolute Gasteiger partial charge is 0.327 e. The van der Waals surface area contributed by atoms with Gasteiger partial charge in [0.05, 0.1) is 0 Å². The zero-order valence-corrected chi connectivity index (χ0v) is 12.0. The van der Waals surface area contributed by atoms with Crippen molar-refractivity contribution >= 4 is 11.8 Å². The maximum Gasteiger partial charge on any atom is 0.0184 e. The molecule has 0 spiro atoms. The van der Waals surface area contributed by atoms with Crippen LogP contribution in [0.4, 0.5) is 0 Å². The highest BCUT2D eigenvalue weighted by Crippen LogP contribution is 2.48. The first kappa shape index (κ1) is 12.3. The lowest BCUT2D eigenvalue weighted by atomic mass is 9.84. The highest BCUT2D eigenvalue weighted by atomic mass is 32.2. The van der Waals surface area contributed by atoms with Gasteiger partial charge in [-0.3, -0.25) is 4.90 Å². The van der Waals surface area contributed by atoms with Crippen molar-refractivity contribution in [3.63, 3.8) is 0 Å². The number of rotatable bonds is 2. The SMILES string of the molecule is CC1SCCN(CC2C3CCC(C3)C2N)C1C. The van der Waals surface area contributed by atoms with Crippen molar-refractivity contribution in [2.45, 2.75) is 50.4 Å². The molecule has 0 aromatic carbocycles. The summed E-state index contributed by atoms with van der Waals surface area (Å²) in [7, 11) is 0. The van der Waals surface area contributed by atoms with Crippen molar-refractivity contribution < 1.29 is 0 Å². The molecule has 2 aliphatic carbocycles. The summed E-state index contributed by atoms with van der Waals surface area (Å²) in [5.41, 5.74) is 6.43. The van der Waals surface area contributed by atoms with Crippen LogP contribution >= 0.6 is 11.8 Å². The highest BCUT2D eigenvalue weighted by molar-refractivity contribution is 8.00. The van der Waals surface area contributed by atoms with Crippen LogP contribution in [-0.4, -0.2) is 41.1 Å². The summed E-state index contributed by atoms with van der Waals surface area (Å²) in [5.74, 6) is 3.91. The van der Waals surface area contributed by atoms with E-state index in [-0.39, 0.29) is 0 Å². The van der Waals surface area contributed by atoms with E-state index < -0.39 is 0 Å². The van der Waals surface area contributed by atoms with E-state index in [1.54, 1.807) is 0 Å². The molecule has 6 unspecified atom stereocenters. The van der Waals surface area contributed by atoms with Crippen LogP contribution in [0.5, 0.6) is 0 Å². The molecule has 0 radical (unpaired) electrons. The van der Waals surface area contributed by atoms with E-state index in [4.69, 9.17) is 5.73 Å². The Labute approximate surface area is 110 Å². The summed E-state index contributed by atoms with van der Waals surface area (Å²) in [6.07, 6.45) is 4.29. The molecule has 3 heteroatoms. The maximum absolute atomic E-state index is 6.43. The number of hydrogen-bond donors (Lipinski definition) is 1. The lowest BCUT2D eigenvalue weighted by molar-refractivity contribution is 0.141. The van der Waals surface area contributed by atoms with Gasteiger partial charge in [0.15, 0.2) is 0 Å². The van der Waals surface area contributed by atoms with Gasteiger partial charge in [0.1, 0.15) is 0 Å². The summed E-state index contributed by atoms with van der Waals surface area (Å²) >= 11 is 2.13. The Morgan fingerprint density at radius 1 is 1.24 bits per heavy atom. The Hall–Kier alpha value is 0.270. The fourth-order valence-corrected chi connectivity index (χ4v) is 5.41. The van der Waals surface area contributed by atoms with E-state index in [0.29, 0.717) is 6.04 Å². The average Bonchev–Trinajstić information content (AvgIpc) is 2.88. The van der Waals surface area contributed by atoms with Gasteiger partial charge in [0.2, 0.25) is 0 Å². The molecule has 2 nitrogen and oxygen atoms in total. The molecule has 1 heterocycles. The topological polar surface area (TPSA) is 29.3 Å². The minimum Gasteiger partial charge on any atom is -0.327 e. The van der Waals surface area contributed by atoms with Crippen molar-refractivity contribution in [1.82, 2.24) is 4.90 Å². The van der Waals surface area contributed by atoms with Gasteiger partial charge in [-0.25, -0.2) is 0 Å². The van der Waals surface area contributed by atoms with E-state index >= 15 is 0 Å². The second-order valence-corrected chi connectivity index (χ2v) is 7.87. The van der Waals surface area contributed by atoms with E-state index in [1.165, 1.54) is 38.1 Å². The third-order valence-electron chi connectivity index (χ3n) is 5.62. The number of fused-ring (bicyclic) bond motifs is 2. The minimum absolute atomic E-state index is 0.505. The Kier molecular flexibility index (Phi) is 3.44. The van der Waals surface area contributed by atoms with E-state index in [0.717, 1.165) is 29.0 Å². The van der Waals surface area contributed by atoms with Gasteiger partial charge in [-0.1, -0.05) is 6.92 Å². The van der Waals surface area contributed by atoms with Gasteiger partial charge in [0, 0.05) is 36.2 Å². The lowest BCUT2D eigenvalue weighted by Crippen LogP contribution is -2.50. The van der Waals surface area contributed by atoms with Gasteiger partial charge in [-0.15, -0.1) is 0 Å². The van der Waals surface area contributed by atoms with Crippen LogP contribution in [-0.2, 0) is 0 Å². The Bertz CT molecular complexity index is 281. The highest BCUT2D eigenvalue weighted by Gasteiger charge is 2.46. The predicted octanol–water partition coefficient (Wildman–Crippen LogP) is 2.19. The second kappa shape index (κ2) is 4.75. The van der Waals surface area contributed by atoms with Crippen LogP contribution in [0.25, 0.3) is 0 Å². The molecule has 1 aliphatic heterocycles. The predicted molar refractivity (Wildman–Crippen MR) is 75.3 cm³/mol. The van der Waals surface area contributed by atoms with Crippen LogP contribution in [0, 0.1) is 17.8 Å². The molecular formula is C14H26N2S. The quantitative estimate of drug-likeness (QED) is 0.819. The molecule has 2 saturated carbocycles. The zero-order chi connectivity index (χ0) is 12.0. The van der Waals surface area contributed by atoms with Gasteiger partial charge in [0.25, 0.3) is 0 Å². The normalized spacial score (nSPS) is 51.0. The van der Waals surface area contributed by atoms with Crippen molar-refractivity contribution in [2.75, 3.05) is 18.8 Å². The van der Waals surface area contributed by atoms with Crippen LogP contribution in [0.2, 0.25) is 0 Å². The number of thioether (sulfide) groups is 1. The van der Waals surface area contributed by atoms with Crippen LogP contribution in [0.3, 0.4) is 0 Å². The van der Waals surface area contributed by atoms with Crippen molar-refractivity contribution in [3.8, 4) is 0 Å². The monoisotopic (exact) mass is 254 g/mol. The third-order valence-corrected chi connectivity index (χ3v) is 6.96. The van der Waals surface area contributed by atoms with Gasteiger partial charge in [-0.2, -0.15) is 11.8 Å². The van der Waals surface area contributed by atoms with Crippen molar-refractivity contribution in [2.24, 2.45) is 23.5 Å². The molecule has 0 aromatic heterocycles. The zero-order valence-electron chi connectivity index (χ0n) is 11.1. The molecule has 2 N–H and O–H groups in total. The first-order valence-corrected chi connectivity index (χ1v) is 8.33. The summed E-state index contributed by atoms with van der Waals surface area (Å²) in [6, 6.07) is 1.24. The molecule has 1 saturated heterocycles. The fourth-order valence-electron chi connectivity index (χ4n) is 4.25. The van der Waals surface area contributed by atoms with Gasteiger partial charge < -0.3 is 5.73 Å². The molecule has 3 rings (SSSR count). The third kappa shape index (κ3) is 2.15. The average molecular weight is 254 g/mol. The fraction of sp³-hybridized carbons (Fsp3) is 1.00. The van der Waals surface area contributed by atoms with E-state index in [2.05, 4.69) is 30.5 Å². The molecule has 0 amide bonds. The molecule has 98 valence electrons. The summed E-state index contributed by atoms with van der Waals surface area (Å²) in [6.45, 7) is 7.32. The van der Waals surface area contributed by atoms with Crippen molar-refractivity contribution in [3.05, 3.63) is 0 Å². The number of nitrogens with two attached hydrogens (primary N) is 1. The minimum atomic E-state index is 0.505. The summed E-state index contributed by atoms with van der Waals surface area (Å²) in [5, 5.41) is 0.790. The lowest BCUT2D eigenvalue weighted by Gasteiger charge is -2.41. The molecule has 0 aromatic rings. The summed E-state index contributed by atoms with van der Waals surface area (Å²) < 4.78 is 0. The van der Waals surface area contributed by atoms with Gasteiger partial charge in [-0.05, 0) is 43.9 Å². The first-order chi connectivity index (χ1) is 8.16. The standard InChI is InChI=1S/C14H26N2S/c1-9-10(2)17-6-5-16(9)8-13-11-3-4-12(7-11)14(13)15/h9-14H,3-8,15H2,1-2H3.